The van der Waals surface area contributed by atoms with E-state index < -0.39 is 17.5 Å². The van der Waals surface area contributed by atoms with Gasteiger partial charge >= 0.3 is 5.97 Å². The van der Waals surface area contributed by atoms with Crippen LogP contribution in [0.4, 0.5) is 5.69 Å². The van der Waals surface area contributed by atoms with Gasteiger partial charge in [0.25, 0.3) is 0 Å². The third kappa shape index (κ3) is 10.1. The van der Waals surface area contributed by atoms with E-state index in [-0.39, 0.29) is 29.5 Å². The predicted octanol–water partition coefficient (Wildman–Crippen LogP) is 6.28. The van der Waals surface area contributed by atoms with Crippen LogP contribution in [0.5, 0.6) is 23.0 Å². The van der Waals surface area contributed by atoms with Crippen molar-refractivity contribution < 1.29 is 39.1 Å². The van der Waals surface area contributed by atoms with E-state index in [2.05, 4.69) is 16.7 Å². The van der Waals surface area contributed by atoms with E-state index >= 15 is 0 Å². The predicted molar refractivity (Wildman–Crippen MR) is 190 cm³/mol. The number of phenols is 1. The molecule has 2 atom stereocenters. The third-order valence-electron chi connectivity index (χ3n) is 9.69. The topological polar surface area (TPSA) is 170 Å². The van der Waals surface area contributed by atoms with Gasteiger partial charge in [0.05, 0.1) is 49.5 Å². The minimum absolute atomic E-state index is 0.0381. The Bertz CT molecular complexity index is 1590. The van der Waals surface area contributed by atoms with Crippen LogP contribution in [0, 0.1) is 17.2 Å². The van der Waals surface area contributed by atoms with Crippen molar-refractivity contribution in [1.82, 2.24) is 5.32 Å². The molecule has 11 nitrogen and oxygen atoms in total. The minimum Gasteiger partial charge on any atom is -0.506 e. The normalized spacial score (nSPS) is 19.9. The average molecular weight is 688 g/mol. The van der Waals surface area contributed by atoms with Gasteiger partial charge in [-0.3, -0.25) is 9.59 Å². The van der Waals surface area contributed by atoms with Crippen LogP contribution in [-0.2, 0) is 21.4 Å². The Labute approximate surface area is 294 Å². The smallest absolute Gasteiger partial charge is 0.306 e. The molecule has 2 aliphatic carbocycles. The first-order valence-corrected chi connectivity index (χ1v) is 17.2. The van der Waals surface area contributed by atoms with Crippen LogP contribution in [0.1, 0.15) is 81.1 Å². The Morgan fingerprint density at radius 2 is 1.70 bits per heavy atom. The monoisotopic (exact) mass is 687 g/mol. The summed E-state index contributed by atoms with van der Waals surface area (Å²) in [4.78, 5) is 21.7. The van der Waals surface area contributed by atoms with Crippen LogP contribution < -0.4 is 24.8 Å². The Balaban J connectivity index is 0.000000225. The Morgan fingerprint density at radius 1 is 1.00 bits per heavy atom. The molecule has 0 saturated heterocycles. The molecule has 0 radical (unpaired) electrons. The lowest BCUT2D eigenvalue weighted by molar-refractivity contribution is -0.143. The van der Waals surface area contributed by atoms with E-state index in [1.165, 1.54) is 24.5 Å². The number of rotatable bonds is 14. The fourth-order valence-corrected chi connectivity index (χ4v) is 6.63. The number of carboxylic acids is 1. The van der Waals surface area contributed by atoms with Gasteiger partial charge in [-0.1, -0.05) is 24.3 Å². The summed E-state index contributed by atoms with van der Waals surface area (Å²) in [6.45, 7) is 2.41. The first-order chi connectivity index (χ1) is 24.1. The number of aliphatic hydroxyl groups excluding tert-OH is 1. The number of aliphatic hydroxyl groups is 1. The van der Waals surface area contributed by atoms with Gasteiger partial charge in [0.2, 0.25) is 6.41 Å². The zero-order valence-corrected chi connectivity index (χ0v) is 29.1. The fourth-order valence-electron chi connectivity index (χ4n) is 6.63. The zero-order valence-electron chi connectivity index (χ0n) is 29.1. The lowest BCUT2D eigenvalue weighted by Crippen LogP contribution is -2.33. The van der Waals surface area contributed by atoms with Crippen LogP contribution in [0.3, 0.4) is 0 Å². The quantitative estimate of drug-likeness (QED) is 0.0961. The van der Waals surface area contributed by atoms with Crippen LogP contribution >= 0.6 is 0 Å². The highest BCUT2D eigenvalue weighted by Crippen LogP contribution is 2.44. The number of carbonyl (C=O) groups is 2. The van der Waals surface area contributed by atoms with Gasteiger partial charge in [0, 0.05) is 12.6 Å². The van der Waals surface area contributed by atoms with Gasteiger partial charge in [-0.15, -0.1) is 0 Å². The third-order valence-corrected chi connectivity index (χ3v) is 9.69. The van der Waals surface area contributed by atoms with Gasteiger partial charge in [-0.05, 0) is 118 Å². The van der Waals surface area contributed by atoms with Crippen LogP contribution in [0.2, 0.25) is 0 Å². The number of carboxylic acid groups (broad SMARTS) is 1. The number of benzene rings is 3. The number of ether oxygens (including phenoxy) is 3. The molecule has 0 heterocycles. The summed E-state index contributed by atoms with van der Waals surface area (Å²) in [6, 6.07) is 20.9. The van der Waals surface area contributed by atoms with Crippen molar-refractivity contribution in [3.8, 4) is 29.1 Å². The lowest BCUT2D eigenvalue weighted by Gasteiger charge is -2.34. The molecule has 11 heteroatoms. The second kappa shape index (κ2) is 18.3. The molecule has 0 spiro atoms. The zero-order chi connectivity index (χ0) is 36.1. The Morgan fingerprint density at radius 3 is 2.30 bits per heavy atom. The minimum atomic E-state index is -0.758. The van der Waals surface area contributed by atoms with Gasteiger partial charge in [-0.2, -0.15) is 5.26 Å². The van der Waals surface area contributed by atoms with Crippen molar-refractivity contribution in [2.75, 3.05) is 26.1 Å². The summed E-state index contributed by atoms with van der Waals surface area (Å²) in [5, 5.41) is 44.7. The second-order valence-electron chi connectivity index (χ2n) is 13.1. The molecule has 0 aliphatic heterocycles. The average Bonchev–Trinajstić information content (AvgIpc) is 3.65. The second-order valence-corrected chi connectivity index (χ2v) is 13.1. The van der Waals surface area contributed by atoms with Gasteiger partial charge < -0.3 is 40.2 Å². The summed E-state index contributed by atoms with van der Waals surface area (Å²) in [6.07, 6.45) is 7.46. The largest absolute Gasteiger partial charge is 0.506 e. The maximum absolute atomic E-state index is 11.2. The van der Waals surface area contributed by atoms with E-state index in [1.54, 1.807) is 26.4 Å². The SMILES string of the molecule is COc1ccc(C2(C#N)CCC(C(=O)O)CC2)cc1OC1CCCC1.COc1ccc(C[C@@H](C)NC[C@H](O)c2ccc(O)c(NC=O)c2)cc1. The van der Waals surface area contributed by atoms with Crippen molar-refractivity contribution in [2.45, 2.75) is 88.4 Å². The molecule has 268 valence electrons. The molecule has 2 saturated carbocycles. The van der Waals surface area contributed by atoms with E-state index in [1.807, 2.05) is 49.4 Å². The molecule has 3 aromatic rings. The number of nitrogens with one attached hydrogen (secondary N) is 2. The number of nitrogens with zero attached hydrogens (tertiary/aromatic N) is 1. The molecule has 5 N–H and O–H groups in total. The summed E-state index contributed by atoms with van der Waals surface area (Å²) in [7, 11) is 3.26. The van der Waals surface area contributed by atoms with Crippen LogP contribution in [0.25, 0.3) is 0 Å². The molecule has 0 bridgehead atoms. The van der Waals surface area contributed by atoms with Crippen molar-refractivity contribution in [2.24, 2.45) is 5.92 Å². The van der Waals surface area contributed by atoms with Gasteiger partial charge in [-0.25, -0.2) is 0 Å². The van der Waals surface area contributed by atoms with Gasteiger partial charge in [0.1, 0.15) is 11.5 Å². The summed E-state index contributed by atoms with van der Waals surface area (Å²) >= 11 is 0. The first kappa shape index (κ1) is 38.0. The highest BCUT2D eigenvalue weighted by molar-refractivity contribution is 5.75. The highest BCUT2D eigenvalue weighted by Gasteiger charge is 2.39. The standard InChI is InChI=1S/C20H25NO4.C19H24N2O4/c1-24-17-7-6-15(12-18(17)25-16-4-2-3-5-16)20(13-21)10-8-14(9-11-20)19(22)23;1-13(9-14-3-6-16(25-2)7-4-14)20-11-19(24)15-5-8-18(23)17(10-15)21-12-22/h6-7,12,14,16H,2-5,8-11H2,1H3,(H,22,23);3-8,10,12-13,19-20,23-24H,9,11H2,1-2H3,(H,21,22)/t;13-,19+/m.1/s1. The molecule has 2 aliphatic rings. The number of aliphatic carboxylic acids is 1. The molecule has 5 rings (SSSR count). The number of carbonyl (C=O) groups excluding carboxylic acids is 1. The fraction of sp³-hybridized carbons (Fsp3) is 0.462. The molecular formula is C39H49N3O8. The Kier molecular flexibility index (Phi) is 13.9. The molecular weight excluding hydrogens is 638 g/mol. The molecule has 3 aromatic carbocycles. The van der Waals surface area contributed by atoms with Gasteiger partial charge in [0.15, 0.2) is 11.5 Å². The number of nitriles is 1. The van der Waals surface area contributed by atoms with E-state index in [0.29, 0.717) is 55.7 Å². The van der Waals surface area contributed by atoms with Crippen molar-refractivity contribution in [1.29, 1.82) is 5.26 Å². The first-order valence-electron chi connectivity index (χ1n) is 17.2. The lowest BCUT2D eigenvalue weighted by atomic mass is 9.67. The number of anilines is 1. The van der Waals surface area contributed by atoms with E-state index in [4.69, 9.17) is 14.2 Å². The number of hydrogen-bond acceptors (Lipinski definition) is 9. The molecule has 0 aromatic heterocycles. The number of methoxy groups -OCH3 is 2. The van der Waals surface area contributed by atoms with Crippen molar-refractivity contribution >= 4 is 18.1 Å². The summed E-state index contributed by atoms with van der Waals surface area (Å²) in [5.74, 6) is 1.07. The molecule has 0 unspecified atom stereocenters. The maximum Gasteiger partial charge on any atom is 0.306 e. The summed E-state index contributed by atoms with van der Waals surface area (Å²) < 4.78 is 16.7. The van der Waals surface area contributed by atoms with Crippen LogP contribution in [-0.4, -0.2) is 60.6 Å². The molecule has 1 amide bonds. The van der Waals surface area contributed by atoms with Crippen molar-refractivity contribution in [3.63, 3.8) is 0 Å². The highest BCUT2D eigenvalue weighted by atomic mass is 16.5. The van der Waals surface area contributed by atoms with Crippen LogP contribution in [0.15, 0.2) is 60.7 Å². The number of aromatic hydroxyl groups is 1. The van der Waals surface area contributed by atoms with E-state index in [0.717, 1.165) is 30.6 Å². The molecule has 50 heavy (non-hydrogen) atoms. The summed E-state index contributed by atoms with van der Waals surface area (Å²) in [5.41, 5.74) is 2.35. The Hall–Kier alpha value is -4.79. The van der Waals surface area contributed by atoms with E-state index in [9.17, 15) is 30.2 Å². The molecule has 2 fully saturated rings. The number of amides is 1. The number of phenolic OH excluding ortho intramolecular Hbond substituents is 1. The number of hydrogen-bond donors (Lipinski definition) is 5. The van der Waals surface area contributed by atoms with Crippen molar-refractivity contribution in [3.05, 3.63) is 77.4 Å². The maximum atomic E-state index is 11.2.